The Morgan fingerprint density at radius 3 is 2.38 bits per heavy atom. The number of aromatic nitrogens is 3. The van der Waals surface area contributed by atoms with Crippen LogP contribution in [0.3, 0.4) is 0 Å². The second-order valence-electron chi connectivity index (χ2n) is 4.74. The van der Waals surface area contributed by atoms with E-state index in [-0.39, 0.29) is 11.3 Å². The standard InChI is InChI=1S/C14H15BN4O2/c1-7-12(8(2)19(5)18-7)14(21-15)11(6-16)13-9(3)20-10(4)17-13/h1-5H3. The van der Waals surface area contributed by atoms with Crippen LogP contribution in [0.5, 0.6) is 0 Å². The molecule has 2 aromatic heterocycles. The molecule has 2 heterocycles. The van der Waals surface area contributed by atoms with Crippen molar-refractivity contribution < 1.29 is 9.07 Å². The van der Waals surface area contributed by atoms with Crippen LogP contribution in [0.25, 0.3) is 11.3 Å². The molecule has 0 amide bonds. The lowest BCUT2D eigenvalue weighted by Gasteiger charge is -2.10. The molecule has 0 unspecified atom stereocenters. The third-order valence-electron chi connectivity index (χ3n) is 3.33. The molecule has 106 valence electrons. The van der Waals surface area contributed by atoms with Gasteiger partial charge in [0.2, 0.25) is 0 Å². The summed E-state index contributed by atoms with van der Waals surface area (Å²) in [5.74, 6) is 1.26. The van der Waals surface area contributed by atoms with Gasteiger partial charge in [-0.15, -0.1) is 0 Å². The maximum atomic E-state index is 9.51. The summed E-state index contributed by atoms with van der Waals surface area (Å²) in [4.78, 5) is 4.23. The topological polar surface area (TPSA) is 76.9 Å². The van der Waals surface area contributed by atoms with Crippen LogP contribution in [0.1, 0.15) is 34.3 Å². The molecule has 0 aromatic carbocycles. The van der Waals surface area contributed by atoms with Crippen LogP contribution in [0.15, 0.2) is 4.42 Å². The van der Waals surface area contributed by atoms with Crippen molar-refractivity contribution in [2.75, 3.05) is 0 Å². The van der Waals surface area contributed by atoms with Crippen molar-refractivity contribution in [1.29, 1.82) is 5.26 Å². The van der Waals surface area contributed by atoms with Crippen LogP contribution in [0, 0.1) is 39.0 Å². The fourth-order valence-corrected chi connectivity index (χ4v) is 2.32. The molecule has 0 bridgehead atoms. The molecule has 0 saturated carbocycles. The van der Waals surface area contributed by atoms with Crippen molar-refractivity contribution in [1.82, 2.24) is 14.8 Å². The van der Waals surface area contributed by atoms with Gasteiger partial charge >= 0.3 is 8.05 Å². The normalized spacial score (nSPS) is 12.0. The van der Waals surface area contributed by atoms with Crippen LogP contribution in [-0.2, 0) is 11.7 Å². The number of nitrogens with zero attached hydrogens (tertiary/aromatic N) is 4. The summed E-state index contributed by atoms with van der Waals surface area (Å²) in [6.45, 7) is 7.17. The van der Waals surface area contributed by atoms with Crippen molar-refractivity contribution in [2.24, 2.45) is 7.05 Å². The van der Waals surface area contributed by atoms with E-state index in [9.17, 15) is 5.26 Å². The Bertz CT molecular complexity index is 765. The van der Waals surface area contributed by atoms with Gasteiger partial charge in [-0.25, -0.2) is 4.98 Å². The summed E-state index contributed by atoms with van der Waals surface area (Å²) < 4.78 is 12.1. The second-order valence-corrected chi connectivity index (χ2v) is 4.74. The van der Waals surface area contributed by atoms with Gasteiger partial charge < -0.3 is 9.07 Å². The first kappa shape index (κ1) is 14.9. The highest BCUT2D eigenvalue weighted by molar-refractivity contribution is 6.06. The van der Waals surface area contributed by atoms with Gasteiger partial charge in [0.25, 0.3) is 0 Å². The zero-order valence-electron chi connectivity index (χ0n) is 12.7. The number of aryl methyl sites for hydroxylation is 4. The third kappa shape index (κ3) is 2.45. The van der Waals surface area contributed by atoms with Crippen molar-refractivity contribution >= 4 is 19.4 Å². The molecule has 0 saturated heterocycles. The highest BCUT2D eigenvalue weighted by Crippen LogP contribution is 2.31. The molecule has 0 aliphatic carbocycles. The van der Waals surface area contributed by atoms with E-state index in [4.69, 9.17) is 17.1 Å². The average molecular weight is 282 g/mol. The van der Waals surface area contributed by atoms with Crippen LogP contribution >= 0.6 is 0 Å². The van der Waals surface area contributed by atoms with Crippen LogP contribution in [0.2, 0.25) is 0 Å². The van der Waals surface area contributed by atoms with E-state index in [0.29, 0.717) is 22.9 Å². The molecule has 21 heavy (non-hydrogen) atoms. The van der Waals surface area contributed by atoms with E-state index < -0.39 is 0 Å². The van der Waals surface area contributed by atoms with Gasteiger partial charge in [-0.3, -0.25) is 4.68 Å². The minimum atomic E-state index is 0.228. The van der Waals surface area contributed by atoms with Crippen molar-refractivity contribution in [3.8, 4) is 6.07 Å². The molecule has 0 atom stereocenters. The van der Waals surface area contributed by atoms with E-state index in [1.807, 2.05) is 20.9 Å². The largest absolute Gasteiger partial charge is 0.566 e. The Morgan fingerprint density at radius 1 is 1.33 bits per heavy atom. The SMILES string of the molecule is [B]OC(=C(C#N)c1nc(C)oc1C)c1c(C)nn(C)c1C. The van der Waals surface area contributed by atoms with E-state index in [1.165, 1.54) is 0 Å². The first-order valence-corrected chi connectivity index (χ1v) is 6.36. The van der Waals surface area contributed by atoms with Crippen LogP contribution < -0.4 is 0 Å². The van der Waals surface area contributed by atoms with Gasteiger partial charge in [-0.2, -0.15) is 10.4 Å². The van der Waals surface area contributed by atoms with Crippen LogP contribution in [-0.4, -0.2) is 22.8 Å². The molecule has 0 aliphatic heterocycles. The van der Waals surface area contributed by atoms with E-state index in [2.05, 4.69) is 16.2 Å². The Kier molecular flexibility index (Phi) is 3.89. The Balaban J connectivity index is 2.77. The van der Waals surface area contributed by atoms with Crippen LogP contribution in [0.4, 0.5) is 0 Å². The summed E-state index contributed by atoms with van der Waals surface area (Å²) in [6, 6.07) is 2.10. The zero-order chi connectivity index (χ0) is 15.7. The summed E-state index contributed by atoms with van der Waals surface area (Å²) >= 11 is 0. The summed E-state index contributed by atoms with van der Waals surface area (Å²) in [7, 11) is 7.24. The van der Waals surface area contributed by atoms with Gasteiger partial charge in [-0.05, 0) is 20.8 Å². The lowest BCUT2D eigenvalue weighted by molar-refractivity contribution is 0.494. The zero-order valence-corrected chi connectivity index (χ0v) is 12.7. The lowest BCUT2D eigenvalue weighted by Crippen LogP contribution is -1.99. The van der Waals surface area contributed by atoms with Gasteiger partial charge in [-0.1, -0.05) is 0 Å². The van der Waals surface area contributed by atoms with Gasteiger partial charge in [0.05, 0.1) is 11.3 Å². The summed E-state index contributed by atoms with van der Waals surface area (Å²) in [6.07, 6.45) is 0. The molecule has 0 spiro atoms. The highest BCUT2D eigenvalue weighted by Gasteiger charge is 2.23. The quantitative estimate of drug-likeness (QED) is 0.489. The maximum absolute atomic E-state index is 9.51. The molecule has 6 nitrogen and oxygen atoms in total. The van der Waals surface area contributed by atoms with Gasteiger partial charge in [0.1, 0.15) is 28.9 Å². The number of hydrogen-bond donors (Lipinski definition) is 0. The minimum Gasteiger partial charge on any atom is -0.566 e. The number of oxazole rings is 1. The Morgan fingerprint density at radius 2 is 2.00 bits per heavy atom. The molecule has 2 radical (unpaired) electrons. The lowest BCUT2D eigenvalue weighted by atomic mass is 10.0. The fraction of sp³-hybridized carbons (Fsp3) is 0.357. The van der Waals surface area contributed by atoms with Gasteiger partial charge in [0, 0.05) is 19.7 Å². The summed E-state index contributed by atoms with van der Waals surface area (Å²) in [5, 5.41) is 13.8. The van der Waals surface area contributed by atoms with E-state index >= 15 is 0 Å². The van der Waals surface area contributed by atoms with Gasteiger partial charge in [0.15, 0.2) is 5.89 Å². The molecule has 2 rings (SSSR count). The van der Waals surface area contributed by atoms with E-state index in [1.54, 1.807) is 18.5 Å². The third-order valence-corrected chi connectivity index (χ3v) is 3.33. The maximum Gasteiger partial charge on any atom is 0.374 e. The molecule has 0 fully saturated rings. The predicted octanol–water partition coefficient (Wildman–Crippen LogP) is 2.13. The minimum absolute atomic E-state index is 0.228. The fourth-order valence-electron chi connectivity index (χ4n) is 2.32. The number of rotatable bonds is 3. The molecular weight excluding hydrogens is 267 g/mol. The number of nitriles is 1. The molecule has 0 N–H and O–H groups in total. The summed E-state index contributed by atoms with van der Waals surface area (Å²) in [5.41, 5.74) is 2.92. The van der Waals surface area contributed by atoms with Crippen molar-refractivity contribution in [3.05, 3.63) is 34.3 Å². The smallest absolute Gasteiger partial charge is 0.374 e. The number of allylic oxidation sites excluding steroid dienone is 1. The Hall–Kier alpha value is -2.49. The number of hydrogen-bond acceptors (Lipinski definition) is 5. The molecule has 7 heteroatoms. The molecule has 0 aliphatic rings. The Labute approximate surface area is 124 Å². The predicted molar refractivity (Wildman–Crippen MR) is 77.9 cm³/mol. The van der Waals surface area contributed by atoms with Crippen molar-refractivity contribution in [3.63, 3.8) is 0 Å². The van der Waals surface area contributed by atoms with Crippen molar-refractivity contribution in [2.45, 2.75) is 27.7 Å². The first-order valence-electron chi connectivity index (χ1n) is 6.36. The molecular formula is C14H15BN4O2. The second kappa shape index (κ2) is 5.48. The monoisotopic (exact) mass is 282 g/mol. The average Bonchev–Trinajstić information content (AvgIpc) is 2.88. The highest BCUT2D eigenvalue weighted by atomic mass is 16.4. The van der Waals surface area contributed by atoms with E-state index in [0.717, 1.165) is 11.4 Å². The first-order chi connectivity index (χ1) is 9.90. The molecule has 2 aromatic rings.